The first-order valence-corrected chi connectivity index (χ1v) is 6.99. The number of aryl methyl sites for hydroxylation is 3. The Morgan fingerprint density at radius 3 is 2.55 bits per heavy atom. The fourth-order valence-corrected chi connectivity index (χ4v) is 2.20. The summed E-state index contributed by atoms with van der Waals surface area (Å²) in [6, 6.07) is 6.14. The SMILES string of the molecule is Cc1cc(OC(C)C)ccc1NCc1c(C)n[nH]c1C. The van der Waals surface area contributed by atoms with Crippen LogP contribution in [0.3, 0.4) is 0 Å². The second-order valence-electron chi connectivity index (χ2n) is 5.41. The Balaban J connectivity index is 2.07. The molecular weight excluding hydrogens is 250 g/mol. The van der Waals surface area contributed by atoms with Crippen molar-refractivity contribution in [1.82, 2.24) is 10.2 Å². The van der Waals surface area contributed by atoms with Gasteiger partial charge in [-0.1, -0.05) is 0 Å². The smallest absolute Gasteiger partial charge is 0.120 e. The average molecular weight is 273 g/mol. The van der Waals surface area contributed by atoms with Crippen LogP contribution >= 0.6 is 0 Å². The summed E-state index contributed by atoms with van der Waals surface area (Å²) in [5, 5.41) is 10.7. The molecule has 0 atom stereocenters. The van der Waals surface area contributed by atoms with Gasteiger partial charge in [-0.2, -0.15) is 5.10 Å². The maximum atomic E-state index is 5.70. The number of aromatic nitrogens is 2. The van der Waals surface area contributed by atoms with E-state index in [1.165, 1.54) is 11.1 Å². The van der Waals surface area contributed by atoms with Crippen LogP contribution in [-0.4, -0.2) is 16.3 Å². The molecule has 0 aliphatic rings. The van der Waals surface area contributed by atoms with Gasteiger partial charge in [0.15, 0.2) is 0 Å². The summed E-state index contributed by atoms with van der Waals surface area (Å²) in [5.74, 6) is 0.915. The maximum Gasteiger partial charge on any atom is 0.120 e. The van der Waals surface area contributed by atoms with Crippen LogP contribution in [0.1, 0.15) is 36.4 Å². The molecule has 2 N–H and O–H groups in total. The van der Waals surface area contributed by atoms with Crippen molar-refractivity contribution in [3.8, 4) is 5.75 Å². The lowest BCUT2D eigenvalue weighted by atomic mass is 10.1. The van der Waals surface area contributed by atoms with Crippen LogP contribution in [0.25, 0.3) is 0 Å². The highest BCUT2D eigenvalue weighted by molar-refractivity contribution is 5.54. The van der Waals surface area contributed by atoms with Crippen LogP contribution in [-0.2, 0) is 6.54 Å². The highest BCUT2D eigenvalue weighted by atomic mass is 16.5. The molecule has 0 radical (unpaired) electrons. The van der Waals surface area contributed by atoms with E-state index in [2.05, 4.69) is 34.6 Å². The summed E-state index contributed by atoms with van der Waals surface area (Å²) in [7, 11) is 0. The van der Waals surface area contributed by atoms with Gasteiger partial charge in [0.2, 0.25) is 0 Å². The number of ether oxygens (including phenoxy) is 1. The lowest BCUT2D eigenvalue weighted by Gasteiger charge is -2.14. The highest BCUT2D eigenvalue weighted by Gasteiger charge is 2.07. The molecule has 2 aromatic rings. The van der Waals surface area contributed by atoms with Gasteiger partial charge in [0.1, 0.15) is 5.75 Å². The summed E-state index contributed by atoms with van der Waals surface area (Å²) in [6.07, 6.45) is 0.199. The first kappa shape index (κ1) is 14.4. The summed E-state index contributed by atoms with van der Waals surface area (Å²) in [6.45, 7) is 11.0. The first-order valence-electron chi connectivity index (χ1n) is 6.99. The first-order chi connectivity index (χ1) is 9.47. The minimum Gasteiger partial charge on any atom is -0.491 e. The quantitative estimate of drug-likeness (QED) is 0.872. The van der Waals surface area contributed by atoms with Crippen molar-refractivity contribution in [3.63, 3.8) is 0 Å². The zero-order valence-electron chi connectivity index (χ0n) is 12.9. The number of nitrogens with zero attached hydrogens (tertiary/aromatic N) is 1. The molecule has 0 saturated carbocycles. The van der Waals surface area contributed by atoms with E-state index in [1.807, 2.05) is 33.8 Å². The number of nitrogens with one attached hydrogen (secondary N) is 2. The molecule has 1 heterocycles. The van der Waals surface area contributed by atoms with E-state index in [9.17, 15) is 0 Å². The largest absolute Gasteiger partial charge is 0.491 e. The van der Waals surface area contributed by atoms with E-state index in [0.717, 1.165) is 29.4 Å². The van der Waals surface area contributed by atoms with Crippen LogP contribution in [0.4, 0.5) is 5.69 Å². The predicted molar refractivity (Wildman–Crippen MR) is 82.3 cm³/mol. The molecule has 1 aromatic carbocycles. The zero-order chi connectivity index (χ0) is 14.7. The van der Waals surface area contributed by atoms with Crippen molar-refractivity contribution in [2.24, 2.45) is 0 Å². The van der Waals surface area contributed by atoms with Gasteiger partial charge in [-0.05, 0) is 58.4 Å². The van der Waals surface area contributed by atoms with Crippen molar-refractivity contribution in [1.29, 1.82) is 0 Å². The monoisotopic (exact) mass is 273 g/mol. The lowest BCUT2D eigenvalue weighted by Crippen LogP contribution is -2.06. The van der Waals surface area contributed by atoms with E-state index in [4.69, 9.17) is 4.74 Å². The maximum absolute atomic E-state index is 5.70. The van der Waals surface area contributed by atoms with Crippen LogP contribution < -0.4 is 10.1 Å². The summed E-state index contributed by atoms with van der Waals surface area (Å²) in [4.78, 5) is 0. The molecule has 108 valence electrons. The third kappa shape index (κ3) is 3.32. The van der Waals surface area contributed by atoms with E-state index < -0.39 is 0 Å². The molecule has 1 aromatic heterocycles. The number of anilines is 1. The molecule has 0 saturated heterocycles. The topological polar surface area (TPSA) is 49.9 Å². The van der Waals surface area contributed by atoms with E-state index in [-0.39, 0.29) is 6.10 Å². The zero-order valence-corrected chi connectivity index (χ0v) is 12.9. The van der Waals surface area contributed by atoms with Gasteiger partial charge in [-0.3, -0.25) is 5.10 Å². The van der Waals surface area contributed by atoms with Gasteiger partial charge in [0.05, 0.1) is 11.8 Å². The lowest BCUT2D eigenvalue weighted by molar-refractivity contribution is 0.242. The second kappa shape index (κ2) is 5.99. The average Bonchev–Trinajstić information content (AvgIpc) is 2.68. The van der Waals surface area contributed by atoms with Gasteiger partial charge < -0.3 is 10.1 Å². The Hall–Kier alpha value is -1.97. The minimum absolute atomic E-state index is 0.199. The molecule has 0 spiro atoms. The van der Waals surface area contributed by atoms with Gasteiger partial charge in [-0.25, -0.2) is 0 Å². The fourth-order valence-electron chi connectivity index (χ4n) is 2.20. The molecule has 4 nitrogen and oxygen atoms in total. The van der Waals surface area contributed by atoms with Crippen LogP contribution in [0.2, 0.25) is 0 Å². The summed E-state index contributed by atoms with van der Waals surface area (Å²) < 4.78 is 5.70. The van der Waals surface area contributed by atoms with Crippen molar-refractivity contribution in [3.05, 3.63) is 40.7 Å². The van der Waals surface area contributed by atoms with Crippen LogP contribution in [0.15, 0.2) is 18.2 Å². The highest BCUT2D eigenvalue weighted by Crippen LogP contribution is 2.23. The molecule has 0 aliphatic heterocycles. The summed E-state index contributed by atoms with van der Waals surface area (Å²) >= 11 is 0. The van der Waals surface area contributed by atoms with Crippen molar-refractivity contribution < 1.29 is 4.74 Å². The Morgan fingerprint density at radius 2 is 2.00 bits per heavy atom. The number of rotatable bonds is 5. The Labute approximate surface area is 120 Å². The molecule has 0 aliphatic carbocycles. The molecule has 4 heteroatoms. The second-order valence-corrected chi connectivity index (χ2v) is 5.41. The minimum atomic E-state index is 0.199. The van der Waals surface area contributed by atoms with Gasteiger partial charge in [-0.15, -0.1) is 0 Å². The normalized spacial score (nSPS) is 10.9. The van der Waals surface area contributed by atoms with Gasteiger partial charge >= 0.3 is 0 Å². The van der Waals surface area contributed by atoms with E-state index in [1.54, 1.807) is 0 Å². The molecule has 20 heavy (non-hydrogen) atoms. The molecular formula is C16H23N3O. The number of hydrogen-bond donors (Lipinski definition) is 2. The van der Waals surface area contributed by atoms with Gasteiger partial charge in [0, 0.05) is 23.5 Å². The van der Waals surface area contributed by atoms with Crippen LogP contribution in [0, 0.1) is 20.8 Å². The third-order valence-corrected chi connectivity index (χ3v) is 3.31. The Kier molecular flexibility index (Phi) is 4.32. The van der Waals surface area contributed by atoms with Crippen molar-refractivity contribution in [2.75, 3.05) is 5.32 Å². The van der Waals surface area contributed by atoms with Gasteiger partial charge in [0.25, 0.3) is 0 Å². The van der Waals surface area contributed by atoms with Crippen molar-refractivity contribution in [2.45, 2.75) is 47.3 Å². The third-order valence-electron chi connectivity index (χ3n) is 3.31. The van der Waals surface area contributed by atoms with Crippen molar-refractivity contribution >= 4 is 5.69 Å². The molecule has 0 unspecified atom stereocenters. The summed E-state index contributed by atoms with van der Waals surface area (Å²) in [5.41, 5.74) is 5.70. The Morgan fingerprint density at radius 1 is 1.25 bits per heavy atom. The predicted octanol–water partition coefficient (Wildman–Crippen LogP) is 3.73. The Bertz CT molecular complexity index is 568. The molecule has 0 bridgehead atoms. The molecule has 0 fully saturated rings. The number of benzene rings is 1. The van der Waals surface area contributed by atoms with E-state index in [0.29, 0.717) is 0 Å². The van der Waals surface area contributed by atoms with Crippen LogP contribution in [0.5, 0.6) is 5.75 Å². The van der Waals surface area contributed by atoms with E-state index >= 15 is 0 Å². The number of H-pyrrole nitrogens is 1. The number of hydrogen-bond acceptors (Lipinski definition) is 3. The molecule has 0 amide bonds. The standard InChI is InChI=1S/C16H23N3O/c1-10(2)20-14-6-7-16(11(3)8-14)17-9-15-12(4)18-19-13(15)5/h6-8,10,17H,9H2,1-5H3,(H,18,19). The fraction of sp³-hybridized carbons (Fsp3) is 0.438. The molecule has 2 rings (SSSR count). The number of aromatic amines is 1.